The molecule has 1 aliphatic carbocycles. The van der Waals surface area contributed by atoms with Crippen LogP contribution in [-0.2, 0) is 6.18 Å². The molecule has 2 unspecified atom stereocenters. The van der Waals surface area contributed by atoms with Crippen LogP contribution in [-0.4, -0.2) is 75.4 Å². The number of halogens is 5. The Morgan fingerprint density at radius 2 is 1.78 bits per heavy atom. The predicted molar refractivity (Wildman–Crippen MR) is 162 cm³/mol. The molecule has 1 saturated carbocycles. The van der Waals surface area contributed by atoms with Crippen LogP contribution in [0.25, 0.3) is 22.2 Å². The number of fused-ring (bicyclic) bond motifs is 4. The largest absolute Gasteiger partial charge is 0.474 e. The summed E-state index contributed by atoms with van der Waals surface area (Å²) in [5.41, 5.74) is -2.76. The molecular formula is C33H39F5N6O2. The smallest absolute Gasteiger partial charge is 0.418 e. The Kier molecular flexibility index (Phi) is 7.76. The number of rotatable bonds is 7. The third-order valence-electron chi connectivity index (χ3n) is 10.1. The highest BCUT2D eigenvalue weighted by atomic mass is 19.4. The molecule has 0 radical (unpaired) electrons. The first-order valence-electron chi connectivity index (χ1n) is 16.2. The molecule has 6 heterocycles. The molecule has 0 N–H and O–H groups in total. The number of hydrogen-bond donors (Lipinski definition) is 0. The molecule has 3 saturated heterocycles. The van der Waals surface area contributed by atoms with Gasteiger partial charge in [0, 0.05) is 37.3 Å². The van der Waals surface area contributed by atoms with Crippen LogP contribution in [0.2, 0.25) is 0 Å². The molecule has 0 aromatic carbocycles. The molecule has 13 heteroatoms. The Labute approximate surface area is 264 Å². The zero-order valence-electron chi connectivity index (χ0n) is 26.6. The fourth-order valence-electron chi connectivity index (χ4n) is 8.29. The third-order valence-corrected chi connectivity index (χ3v) is 10.1. The van der Waals surface area contributed by atoms with Crippen molar-refractivity contribution >= 4 is 16.7 Å². The summed E-state index contributed by atoms with van der Waals surface area (Å²) in [4.78, 5) is 22.0. The minimum atomic E-state index is -4.82. The first kappa shape index (κ1) is 31.3. The van der Waals surface area contributed by atoms with Gasteiger partial charge in [-0.2, -0.15) is 23.1 Å². The highest BCUT2D eigenvalue weighted by Gasteiger charge is 2.49. The summed E-state index contributed by atoms with van der Waals surface area (Å²) in [7, 11) is 0. The molecule has 3 aromatic rings. The number of aromatic nitrogens is 4. The van der Waals surface area contributed by atoms with Gasteiger partial charge in [0.15, 0.2) is 5.82 Å². The number of nitrogens with zero attached hydrogens (tertiary/aromatic N) is 6. The summed E-state index contributed by atoms with van der Waals surface area (Å²) < 4.78 is 86.9. The third kappa shape index (κ3) is 5.51. The van der Waals surface area contributed by atoms with Crippen LogP contribution in [0.1, 0.15) is 69.3 Å². The number of hydrogen-bond acceptors (Lipinski definition) is 8. The minimum Gasteiger partial charge on any atom is -0.474 e. The van der Waals surface area contributed by atoms with Gasteiger partial charge in [-0.3, -0.25) is 9.88 Å². The van der Waals surface area contributed by atoms with Crippen LogP contribution >= 0.6 is 0 Å². The number of pyridine rings is 2. The van der Waals surface area contributed by atoms with E-state index in [1.165, 1.54) is 13.0 Å². The van der Waals surface area contributed by atoms with E-state index in [0.29, 0.717) is 43.7 Å². The van der Waals surface area contributed by atoms with Gasteiger partial charge in [0.1, 0.15) is 35.2 Å². The van der Waals surface area contributed by atoms with Gasteiger partial charge >= 0.3 is 12.2 Å². The Hall–Kier alpha value is -3.35. The van der Waals surface area contributed by atoms with Gasteiger partial charge < -0.3 is 14.4 Å². The van der Waals surface area contributed by atoms with E-state index in [9.17, 15) is 17.6 Å². The molecule has 3 aliphatic heterocycles. The predicted octanol–water partition coefficient (Wildman–Crippen LogP) is 6.84. The van der Waals surface area contributed by atoms with Gasteiger partial charge in [-0.25, -0.2) is 13.8 Å². The van der Waals surface area contributed by atoms with Gasteiger partial charge in [-0.05, 0) is 84.2 Å². The fourth-order valence-corrected chi connectivity index (χ4v) is 8.29. The number of piperidine rings is 1. The lowest BCUT2D eigenvalue weighted by molar-refractivity contribution is -0.137. The summed E-state index contributed by atoms with van der Waals surface area (Å²) in [6, 6.07) is 1.09. The molecule has 2 bridgehead atoms. The lowest BCUT2D eigenvalue weighted by Crippen LogP contribution is -2.43. The maximum atomic E-state index is 16.9. The Balaban J connectivity index is 1.43. The summed E-state index contributed by atoms with van der Waals surface area (Å²) in [5, 5.41) is 0.199. The van der Waals surface area contributed by atoms with Crippen LogP contribution in [0.3, 0.4) is 0 Å². The first-order chi connectivity index (χ1) is 21.8. The maximum absolute atomic E-state index is 16.9. The second-order valence-corrected chi connectivity index (χ2v) is 13.9. The van der Waals surface area contributed by atoms with Crippen LogP contribution in [0, 0.1) is 31.5 Å². The van der Waals surface area contributed by atoms with E-state index < -0.39 is 46.6 Å². The van der Waals surface area contributed by atoms with Crippen molar-refractivity contribution in [3.05, 3.63) is 28.8 Å². The van der Waals surface area contributed by atoms with Crippen molar-refractivity contribution in [3.63, 3.8) is 0 Å². The van der Waals surface area contributed by atoms with E-state index in [4.69, 9.17) is 14.5 Å². The number of ether oxygens (including phenoxy) is 2. The number of anilines is 1. The molecular weight excluding hydrogens is 607 g/mol. The standard InChI is InChI=1S/C33H39F5N6O2/c1-17(2)46-30-24-28(26(35)27(40-30)23-10-18(3)39-19(4)25(23)33(36,37)38)41-31(42-29(24)43-13-20-6-7-21(11-20)14-43)45-16-32-8-5-9-44(32)15-22(34)12-32/h10,17,20-22H,5-9,11-16H2,1-4H3/t20?,21?,22-,32+/m1/s1. The van der Waals surface area contributed by atoms with Crippen molar-refractivity contribution in [3.8, 4) is 23.1 Å². The first-order valence-corrected chi connectivity index (χ1v) is 16.2. The molecule has 248 valence electrons. The lowest BCUT2D eigenvalue weighted by atomic mass is 9.95. The van der Waals surface area contributed by atoms with Crippen LogP contribution in [0.15, 0.2) is 6.07 Å². The second kappa shape index (κ2) is 11.4. The normalized spacial score (nSPS) is 26.4. The quantitative estimate of drug-likeness (QED) is 0.259. The van der Waals surface area contributed by atoms with Crippen LogP contribution in [0.4, 0.5) is 27.8 Å². The van der Waals surface area contributed by atoms with Crippen molar-refractivity contribution in [2.45, 2.75) is 90.2 Å². The van der Waals surface area contributed by atoms with E-state index in [2.05, 4.69) is 24.8 Å². The molecule has 4 atom stereocenters. The maximum Gasteiger partial charge on any atom is 0.418 e. The zero-order chi connectivity index (χ0) is 32.5. The second-order valence-electron chi connectivity index (χ2n) is 13.9. The molecule has 7 rings (SSSR count). The highest BCUT2D eigenvalue weighted by molar-refractivity contribution is 5.97. The zero-order valence-corrected chi connectivity index (χ0v) is 26.6. The van der Waals surface area contributed by atoms with E-state index in [1.54, 1.807) is 20.8 Å². The number of aryl methyl sites for hydroxylation is 2. The average molecular weight is 647 g/mol. The van der Waals surface area contributed by atoms with E-state index in [-0.39, 0.29) is 40.8 Å². The summed E-state index contributed by atoms with van der Waals surface area (Å²) in [5.74, 6) is 0.211. The Morgan fingerprint density at radius 1 is 1.04 bits per heavy atom. The van der Waals surface area contributed by atoms with Gasteiger partial charge in [-0.15, -0.1) is 0 Å². The van der Waals surface area contributed by atoms with Crippen molar-refractivity contribution in [2.24, 2.45) is 11.8 Å². The molecule has 3 aromatic heterocycles. The monoisotopic (exact) mass is 646 g/mol. The molecule has 0 spiro atoms. The average Bonchev–Trinajstić information content (AvgIpc) is 3.61. The van der Waals surface area contributed by atoms with Gasteiger partial charge in [0.2, 0.25) is 5.88 Å². The summed E-state index contributed by atoms with van der Waals surface area (Å²) >= 11 is 0. The van der Waals surface area contributed by atoms with Gasteiger partial charge in [0.25, 0.3) is 0 Å². The fraction of sp³-hybridized carbons (Fsp3) is 0.636. The molecule has 4 aliphatic rings. The lowest BCUT2D eigenvalue weighted by Gasteiger charge is -2.34. The van der Waals surface area contributed by atoms with Crippen molar-refractivity contribution in [1.29, 1.82) is 0 Å². The molecule has 4 fully saturated rings. The van der Waals surface area contributed by atoms with Crippen LogP contribution in [0.5, 0.6) is 11.9 Å². The van der Waals surface area contributed by atoms with Gasteiger partial charge in [-0.1, -0.05) is 0 Å². The Bertz CT molecular complexity index is 1660. The van der Waals surface area contributed by atoms with Crippen molar-refractivity contribution < 1.29 is 31.4 Å². The van der Waals surface area contributed by atoms with E-state index in [1.807, 2.05) is 0 Å². The number of alkyl halides is 4. The molecule has 46 heavy (non-hydrogen) atoms. The van der Waals surface area contributed by atoms with Crippen molar-refractivity contribution in [2.75, 3.05) is 37.7 Å². The molecule has 8 nitrogen and oxygen atoms in total. The summed E-state index contributed by atoms with van der Waals surface area (Å²) in [6.07, 6.45) is -0.909. The van der Waals surface area contributed by atoms with E-state index in [0.717, 1.165) is 38.6 Å². The minimum absolute atomic E-state index is 0.0438. The summed E-state index contributed by atoms with van der Waals surface area (Å²) in [6.45, 7) is 8.95. The highest BCUT2D eigenvalue weighted by Crippen LogP contribution is 2.46. The molecule has 0 amide bonds. The SMILES string of the molecule is Cc1cc(-c2nc(OC(C)C)c3c(N4CC5CCC(C5)C4)nc(OC[C@@]45CCCN4C[C@H](F)C5)nc3c2F)c(C(F)(F)F)c(C)n1. The Morgan fingerprint density at radius 3 is 2.48 bits per heavy atom. The van der Waals surface area contributed by atoms with Gasteiger partial charge in [0.05, 0.1) is 22.9 Å². The van der Waals surface area contributed by atoms with Crippen LogP contribution < -0.4 is 14.4 Å². The van der Waals surface area contributed by atoms with E-state index >= 15 is 4.39 Å². The van der Waals surface area contributed by atoms with Crippen molar-refractivity contribution in [1.82, 2.24) is 24.8 Å². The topological polar surface area (TPSA) is 76.5 Å².